The van der Waals surface area contributed by atoms with E-state index in [1.54, 1.807) is 22.7 Å². The second-order valence-corrected chi connectivity index (χ2v) is 9.88. The molecule has 3 N–H and O–H groups in total. The van der Waals surface area contributed by atoms with Gasteiger partial charge in [-0.2, -0.15) is 0 Å². The number of carbonyl (C=O) groups is 1. The van der Waals surface area contributed by atoms with Crippen LogP contribution in [0, 0.1) is 13.8 Å². The summed E-state index contributed by atoms with van der Waals surface area (Å²) in [7, 11) is 2.02. The summed E-state index contributed by atoms with van der Waals surface area (Å²) in [6.07, 6.45) is 3.84. The number of nitrogens with one attached hydrogen (secondary N) is 1. The van der Waals surface area contributed by atoms with Crippen molar-refractivity contribution in [1.29, 1.82) is 0 Å². The van der Waals surface area contributed by atoms with E-state index in [-0.39, 0.29) is 11.9 Å². The smallest absolute Gasteiger partial charge is 0.237 e. The molecule has 0 aliphatic heterocycles. The number of rotatable bonds is 11. The summed E-state index contributed by atoms with van der Waals surface area (Å²) >= 11 is 3.58. The zero-order chi connectivity index (χ0) is 22.9. The fourth-order valence-electron chi connectivity index (χ4n) is 3.77. The van der Waals surface area contributed by atoms with Gasteiger partial charge in [0, 0.05) is 28.4 Å². The molecule has 6 heteroatoms. The molecule has 3 aromatic rings. The monoisotopic (exact) mass is 467 g/mol. The first kappa shape index (κ1) is 24.4. The van der Waals surface area contributed by atoms with Gasteiger partial charge in [0.05, 0.1) is 6.04 Å². The average Bonchev–Trinajstić information content (AvgIpc) is 3.42. The van der Waals surface area contributed by atoms with Crippen LogP contribution in [0.4, 0.5) is 0 Å². The molecule has 0 fully saturated rings. The first-order valence-electron chi connectivity index (χ1n) is 11.0. The van der Waals surface area contributed by atoms with Gasteiger partial charge in [0.25, 0.3) is 0 Å². The van der Waals surface area contributed by atoms with Crippen molar-refractivity contribution in [3.8, 4) is 0 Å². The van der Waals surface area contributed by atoms with Crippen LogP contribution in [0.15, 0.2) is 59.3 Å². The first-order valence-corrected chi connectivity index (χ1v) is 12.8. The van der Waals surface area contributed by atoms with Crippen LogP contribution in [0.25, 0.3) is 5.57 Å². The van der Waals surface area contributed by atoms with Crippen LogP contribution >= 0.6 is 22.7 Å². The molecule has 0 aliphatic rings. The third kappa shape index (κ3) is 6.39. The van der Waals surface area contributed by atoms with E-state index in [0.717, 1.165) is 18.5 Å². The number of thiophene rings is 2. The summed E-state index contributed by atoms with van der Waals surface area (Å²) in [5, 5.41) is 7.38. The van der Waals surface area contributed by atoms with Gasteiger partial charge in [-0.25, -0.2) is 0 Å². The second-order valence-electron chi connectivity index (χ2n) is 8.05. The highest BCUT2D eigenvalue weighted by Gasteiger charge is 2.22. The Kier molecular flexibility index (Phi) is 9.23. The molecular weight excluding hydrogens is 434 g/mol. The number of hydrogen-bond acceptors (Lipinski definition) is 5. The lowest BCUT2D eigenvalue weighted by Gasteiger charge is -2.26. The van der Waals surface area contributed by atoms with Crippen LogP contribution in [-0.2, 0) is 11.3 Å². The third-order valence-corrected chi connectivity index (χ3v) is 7.73. The lowest BCUT2D eigenvalue weighted by Crippen LogP contribution is -2.46. The Morgan fingerprint density at radius 1 is 1.06 bits per heavy atom. The molecule has 2 heterocycles. The van der Waals surface area contributed by atoms with E-state index >= 15 is 0 Å². The van der Waals surface area contributed by atoms with Crippen LogP contribution in [0.3, 0.4) is 0 Å². The Balaban J connectivity index is 1.67. The largest absolute Gasteiger partial charge is 0.351 e. The SMILES string of the molecule is Cc1ccsc1C(=CCCN(C)C(CCN)C(=O)NCc1ccccc1)c1sccc1C. The molecule has 0 spiro atoms. The maximum absolute atomic E-state index is 12.9. The van der Waals surface area contributed by atoms with Gasteiger partial charge in [-0.15, -0.1) is 22.7 Å². The van der Waals surface area contributed by atoms with Gasteiger partial charge >= 0.3 is 0 Å². The van der Waals surface area contributed by atoms with Gasteiger partial charge in [0.2, 0.25) is 5.91 Å². The number of hydrogen-bond donors (Lipinski definition) is 2. The summed E-state index contributed by atoms with van der Waals surface area (Å²) in [5.74, 6) is 0.0363. The Morgan fingerprint density at radius 2 is 1.69 bits per heavy atom. The Hall–Kier alpha value is -2.25. The molecule has 1 unspecified atom stereocenters. The van der Waals surface area contributed by atoms with Gasteiger partial charge in [-0.1, -0.05) is 36.4 Å². The molecule has 170 valence electrons. The molecule has 4 nitrogen and oxygen atoms in total. The third-order valence-electron chi connectivity index (χ3n) is 5.63. The summed E-state index contributed by atoms with van der Waals surface area (Å²) in [5.41, 5.74) is 10.9. The van der Waals surface area contributed by atoms with Crippen molar-refractivity contribution < 1.29 is 4.79 Å². The van der Waals surface area contributed by atoms with Crippen molar-refractivity contribution in [2.75, 3.05) is 20.1 Å². The van der Waals surface area contributed by atoms with E-state index in [1.807, 2.05) is 37.4 Å². The van der Waals surface area contributed by atoms with Crippen LogP contribution in [0.2, 0.25) is 0 Å². The van der Waals surface area contributed by atoms with E-state index in [2.05, 4.69) is 53.0 Å². The van der Waals surface area contributed by atoms with Crippen LogP contribution in [0.5, 0.6) is 0 Å². The number of carbonyl (C=O) groups excluding carboxylic acids is 1. The molecule has 3 rings (SSSR count). The number of benzene rings is 1. The predicted octanol–water partition coefficient (Wildman–Crippen LogP) is 5.21. The average molecular weight is 468 g/mol. The second kappa shape index (κ2) is 12.1. The molecule has 0 radical (unpaired) electrons. The molecular formula is C26H33N3OS2. The minimum Gasteiger partial charge on any atom is -0.351 e. The molecule has 0 saturated heterocycles. The quantitative estimate of drug-likeness (QED) is 0.407. The van der Waals surface area contributed by atoms with E-state index in [0.29, 0.717) is 19.5 Å². The molecule has 1 atom stereocenters. The summed E-state index contributed by atoms with van der Waals surface area (Å²) in [6.45, 7) is 6.15. The molecule has 0 saturated carbocycles. The van der Waals surface area contributed by atoms with Gasteiger partial charge in [0.15, 0.2) is 0 Å². The number of aryl methyl sites for hydroxylation is 2. The zero-order valence-corrected chi connectivity index (χ0v) is 20.8. The molecule has 32 heavy (non-hydrogen) atoms. The summed E-state index contributed by atoms with van der Waals surface area (Å²) in [4.78, 5) is 17.7. The first-order chi connectivity index (χ1) is 15.5. The number of nitrogens with zero attached hydrogens (tertiary/aromatic N) is 1. The van der Waals surface area contributed by atoms with E-state index in [4.69, 9.17) is 5.73 Å². The highest BCUT2D eigenvalue weighted by Crippen LogP contribution is 2.35. The van der Waals surface area contributed by atoms with Gasteiger partial charge < -0.3 is 11.1 Å². The minimum absolute atomic E-state index is 0.0363. The standard InChI is InChI=1S/C26H33N3OS2/c1-19-12-16-31-24(19)22(25-20(2)13-17-32-25)10-7-15-29(3)23(11-14-27)26(30)28-18-21-8-5-4-6-9-21/h4-6,8-10,12-13,16-17,23H,7,11,14-15,18,27H2,1-3H3,(H,28,30). The van der Waals surface area contributed by atoms with Crippen LogP contribution in [-0.4, -0.2) is 37.0 Å². The van der Waals surface area contributed by atoms with Crippen LogP contribution < -0.4 is 11.1 Å². The molecule has 0 aliphatic carbocycles. The lowest BCUT2D eigenvalue weighted by atomic mass is 10.0. The molecule has 1 amide bonds. The summed E-state index contributed by atoms with van der Waals surface area (Å²) in [6, 6.07) is 14.1. The van der Waals surface area contributed by atoms with E-state index < -0.39 is 0 Å². The van der Waals surface area contributed by atoms with Crippen molar-refractivity contribution in [3.05, 3.63) is 85.7 Å². The van der Waals surface area contributed by atoms with Gasteiger partial charge in [0.1, 0.15) is 0 Å². The maximum atomic E-state index is 12.9. The number of likely N-dealkylation sites (N-methyl/N-ethyl adjacent to an activating group) is 1. The maximum Gasteiger partial charge on any atom is 0.237 e. The van der Waals surface area contributed by atoms with E-state index in [9.17, 15) is 4.79 Å². The molecule has 2 aromatic heterocycles. The minimum atomic E-state index is -0.229. The molecule has 1 aromatic carbocycles. The highest BCUT2D eigenvalue weighted by molar-refractivity contribution is 7.14. The molecule has 0 bridgehead atoms. The Bertz CT molecular complexity index is 980. The number of nitrogens with two attached hydrogens (primary N) is 1. The predicted molar refractivity (Wildman–Crippen MR) is 138 cm³/mol. The fraction of sp³-hybridized carbons (Fsp3) is 0.346. The highest BCUT2D eigenvalue weighted by atomic mass is 32.1. The summed E-state index contributed by atoms with van der Waals surface area (Å²) < 4.78 is 0. The normalized spacial score (nSPS) is 12.0. The van der Waals surface area contributed by atoms with Crippen molar-refractivity contribution in [2.45, 2.75) is 39.3 Å². The zero-order valence-electron chi connectivity index (χ0n) is 19.1. The van der Waals surface area contributed by atoms with Gasteiger partial charge in [-0.3, -0.25) is 9.69 Å². The van der Waals surface area contributed by atoms with Crippen molar-refractivity contribution in [2.24, 2.45) is 5.73 Å². The topological polar surface area (TPSA) is 58.4 Å². The van der Waals surface area contributed by atoms with Crippen molar-refractivity contribution >= 4 is 34.2 Å². The Morgan fingerprint density at radius 3 is 2.22 bits per heavy atom. The van der Waals surface area contributed by atoms with Crippen LogP contribution in [0.1, 0.15) is 39.3 Å². The van der Waals surface area contributed by atoms with Crippen molar-refractivity contribution in [3.63, 3.8) is 0 Å². The fourth-order valence-corrected chi connectivity index (χ4v) is 5.78. The van der Waals surface area contributed by atoms with Gasteiger partial charge in [-0.05, 0) is 79.9 Å². The van der Waals surface area contributed by atoms with Crippen molar-refractivity contribution in [1.82, 2.24) is 10.2 Å². The Labute approximate surface area is 199 Å². The van der Waals surface area contributed by atoms with E-state index in [1.165, 1.54) is 26.5 Å². The number of amides is 1. The lowest BCUT2D eigenvalue weighted by molar-refractivity contribution is -0.126.